The fraction of sp³-hybridized carbons (Fsp3) is 0.294. The zero-order valence-corrected chi connectivity index (χ0v) is 11.7. The van der Waals surface area contributed by atoms with Gasteiger partial charge in [0, 0.05) is 6.42 Å². The van der Waals surface area contributed by atoms with Gasteiger partial charge in [-0.1, -0.05) is 49.4 Å². The average Bonchev–Trinajstić information content (AvgIpc) is 2.90. The minimum Gasteiger partial charge on any atom is -0.488 e. The highest BCUT2D eigenvalue weighted by molar-refractivity contribution is 6.21. The van der Waals surface area contributed by atoms with Crippen molar-refractivity contribution in [2.75, 3.05) is 0 Å². The summed E-state index contributed by atoms with van der Waals surface area (Å²) in [4.78, 5) is 0. The highest BCUT2D eigenvalue weighted by Crippen LogP contribution is 2.37. The summed E-state index contributed by atoms with van der Waals surface area (Å²) < 4.78 is 5.95. The first-order chi connectivity index (χ1) is 9.28. The number of benzene rings is 2. The molecule has 0 aliphatic carbocycles. The number of ether oxygens (including phenoxy) is 1. The molecule has 98 valence electrons. The van der Waals surface area contributed by atoms with Gasteiger partial charge >= 0.3 is 0 Å². The molecule has 0 fully saturated rings. The molecule has 1 heterocycles. The van der Waals surface area contributed by atoms with Gasteiger partial charge in [-0.05, 0) is 29.2 Å². The minimum absolute atomic E-state index is 0.0338. The van der Waals surface area contributed by atoms with Crippen LogP contribution >= 0.6 is 11.6 Å². The van der Waals surface area contributed by atoms with Crippen LogP contribution in [0, 0.1) is 0 Å². The van der Waals surface area contributed by atoms with Crippen LogP contribution in [0.15, 0.2) is 48.5 Å². The normalized spacial score (nSPS) is 18.7. The molecular weight excluding hydrogens is 256 g/mol. The number of hydrogen-bond acceptors (Lipinski definition) is 1. The van der Waals surface area contributed by atoms with Gasteiger partial charge in [-0.3, -0.25) is 0 Å². The Hall–Kier alpha value is -1.47. The lowest BCUT2D eigenvalue weighted by Gasteiger charge is -2.17. The van der Waals surface area contributed by atoms with Crippen LogP contribution in [0.25, 0.3) is 0 Å². The van der Waals surface area contributed by atoms with Gasteiger partial charge in [-0.2, -0.15) is 0 Å². The average molecular weight is 273 g/mol. The lowest BCUT2D eigenvalue weighted by Crippen LogP contribution is -2.19. The maximum Gasteiger partial charge on any atom is 0.123 e. The van der Waals surface area contributed by atoms with E-state index in [0.29, 0.717) is 0 Å². The van der Waals surface area contributed by atoms with Crippen LogP contribution in [0.5, 0.6) is 5.75 Å². The topological polar surface area (TPSA) is 9.23 Å². The Bertz CT molecular complexity index is 537. The largest absolute Gasteiger partial charge is 0.488 e. The minimum atomic E-state index is -0.0988. The molecule has 0 radical (unpaired) electrons. The molecule has 0 bridgehead atoms. The van der Waals surface area contributed by atoms with Crippen LogP contribution in [-0.4, -0.2) is 6.10 Å². The van der Waals surface area contributed by atoms with Gasteiger partial charge in [0.1, 0.15) is 11.9 Å². The summed E-state index contributed by atoms with van der Waals surface area (Å²) in [6.45, 7) is 2.16. The Balaban J connectivity index is 1.77. The Morgan fingerprint density at radius 1 is 1.16 bits per heavy atom. The highest BCUT2D eigenvalue weighted by Gasteiger charge is 2.29. The molecule has 0 spiro atoms. The van der Waals surface area contributed by atoms with E-state index in [1.165, 1.54) is 11.1 Å². The first-order valence-electron chi connectivity index (χ1n) is 6.75. The van der Waals surface area contributed by atoms with Crippen molar-refractivity contribution in [3.63, 3.8) is 0 Å². The molecule has 0 amide bonds. The van der Waals surface area contributed by atoms with Gasteiger partial charge in [0.25, 0.3) is 0 Å². The van der Waals surface area contributed by atoms with E-state index in [1.807, 2.05) is 18.2 Å². The standard InChI is InChI=1S/C17H17ClO/c1-2-12-7-9-13(10-8-12)17(18)16-11-14-5-3-4-6-15(14)19-16/h3-10,16-17H,2,11H2,1H3. The van der Waals surface area contributed by atoms with Crippen LogP contribution in [0.2, 0.25) is 0 Å². The first-order valence-corrected chi connectivity index (χ1v) is 7.19. The summed E-state index contributed by atoms with van der Waals surface area (Å²) in [7, 11) is 0. The highest BCUT2D eigenvalue weighted by atomic mass is 35.5. The van der Waals surface area contributed by atoms with Crippen LogP contribution in [-0.2, 0) is 12.8 Å². The van der Waals surface area contributed by atoms with Crippen molar-refractivity contribution >= 4 is 11.6 Å². The van der Waals surface area contributed by atoms with Crippen LogP contribution < -0.4 is 4.74 Å². The predicted molar refractivity (Wildman–Crippen MR) is 79.0 cm³/mol. The Morgan fingerprint density at radius 3 is 2.58 bits per heavy atom. The van der Waals surface area contributed by atoms with Gasteiger partial charge in [-0.25, -0.2) is 0 Å². The molecule has 1 nitrogen and oxygen atoms in total. The fourth-order valence-electron chi connectivity index (χ4n) is 2.52. The quantitative estimate of drug-likeness (QED) is 0.746. The summed E-state index contributed by atoms with van der Waals surface area (Å²) >= 11 is 6.57. The van der Waals surface area contributed by atoms with Crippen LogP contribution in [0.1, 0.15) is 29.0 Å². The first kappa shape index (κ1) is 12.6. The Kier molecular flexibility index (Phi) is 3.48. The van der Waals surface area contributed by atoms with E-state index in [9.17, 15) is 0 Å². The van der Waals surface area contributed by atoms with E-state index in [2.05, 4.69) is 37.3 Å². The summed E-state index contributed by atoms with van der Waals surface area (Å²) in [5.74, 6) is 0.975. The van der Waals surface area contributed by atoms with Crippen molar-refractivity contribution in [2.45, 2.75) is 31.2 Å². The van der Waals surface area contributed by atoms with Crippen molar-refractivity contribution in [1.29, 1.82) is 0 Å². The molecule has 2 aromatic carbocycles. The molecule has 3 rings (SSSR count). The zero-order chi connectivity index (χ0) is 13.2. The fourth-order valence-corrected chi connectivity index (χ4v) is 2.81. The molecule has 2 atom stereocenters. The molecule has 2 heteroatoms. The molecule has 2 unspecified atom stereocenters. The molecular formula is C17H17ClO. The predicted octanol–water partition coefficient (Wildman–Crippen LogP) is 4.53. The summed E-state index contributed by atoms with van der Waals surface area (Å²) in [5, 5.41) is -0.0988. The number of aryl methyl sites for hydroxylation is 1. The van der Waals surface area contributed by atoms with Gasteiger partial charge in [-0.15, -0.1) is 11.6 Å². The molecule has 0 aromatic heterocycles. The molecule has 1 aliphatic rings. The number of fused-ring (bicyclic) bond motifs is 1. The van der Waals surface area contributed by atoms with E-state index >= 15 is 0 Å². The molecule has 1 aliphatic heterocycles. The van der Waals surface area contributed by atoms with Crippen LogP contribution in [0.3, 0.4) is 0 Å². The van der Waals surface area contributed by atoms with Crippen molar-refractivity contribution < 1.29 is 4.74 Å². The summed E-state index contributed by atoms with van der Waals surface area (Å²) in [5.41, 5.74) is 3.73. The van der Waals surface area contributed by atoms with E-state index in [1.54, 1.807) is 0 Å². The molecule has 2 aromatic rings. The Morgan fingerprint density at radius 2 is 1.89 bits per heavy atom. The van der Waals surface area contributed by atoms with E-state index in [4.69, 9.17) is 16.3 Å². The number of hydrogen-bond donors (Lipinski definition) is 0. The molecule has 0 saturated carbocycles. The number of para-hydroxylation sites is 1. The van der Waals surface area contributed by atoms with E-state index < -0.39 is 0 Å². The van der Waals surface area contributed by atoms with Crippen LogP contribution in [0.4, 0.5) is 0 Å². The third-order valence-electron chi connectivity index (χ3n) is 3.70. The smallest absolute Gasteiger partial charge is 0.123 e. The number of halogens is 1. The lowest BCUT2D eigenvalue weighted by molar-refractivity contribution is 0.227. The van der Waals surface area contributed by atoms with E-state index in [0.717, 1.165) is 24.2 Å². The Labute approximate surface area is 119 Å². The zero-order valence-electron chi connectivity index (χ0n) is 11.0. The maximum absolute atomic E-state index is 6.57. The third kappa shape index (κ3) is 2.48. The van der Waals surface area contributed by atoms with Gasteiger partial charge in [0.2, 0.25) is 0 Å². The molecule has 0 N–H and O–H groups in total. The molecule has 0 saturated heterocycles. The SMILES string of the molecule is CCc1ccc(C(Cl)C2Cc3ccccc3O2)cc1. The third-order valence-corrected chi connectivity index (χ3v) is 4.24. The summed E-state index contributed by atoms with van der Waals surface area (Å²) in [6.07, 6.45) is 1.98. The van der Waals surface area contributed by atoms with Crippen molar-refractivity contribution in [3.8, 4) is 5.75 Å². The number of rotatable bonds is 3. The monoisotopic (exact) mass is 272 g/mol. The second kappa shape index (κ2) is 5.26. The second-order valence-electron chi connectivity index (χ2n) is 4.97. The lowest BCUT2D eigenvalue weighted by atomic mass is 10.0. The van der Waals surface area contributed by atoms with E-state index in [-0.39, 0.29) is 11.5 Å². The van der Waals surface area contributed by atoms with Gasteiger partial charge in [0.15, 0.2) is 0 Å². The molecule has 19 heavy (non-hydrogen) atoms. The van der Waals surface area contributed by atoms with Gasteiger partial charge in [0.05, 0.1) is 5.38 Å². The second-order valence-corrected chi connectivity index (χ2v) is 5.44. The summed E-state index contributed by atoms with van der Waals surface area (Å²) in [6, 6.07) is 16.7. The number of alkyl halides is 1. The van der Waals surface area contributed by atoms with Crippen molar-refractivity contribution in [2.24, 2.45) is 0 Å². The van der Waals surface area contributed by atoms with Crippen molar-refractivity contribution in [3.05, 3.63) is 65.2 Å². The van der Waals surface area contributed by atoms with Gasteiger partial charge < -0.3 is 4.74 Å². The maximum atomic E-state index is 6.57. The van der Waals surface area contributed by atoms with Crippen molar-refractivity contribution in [1.82, 2.24) is 0 Å².